The van der Waals surface area contributed by atoms with Crippen molar-refractivity contribution >= 4 is 11.7 Å². The highest BCUT2D eigenvalue weighted by Crippen LogP contribution is 2.16. The van der Waals surface area contributed by atoms with E-state index in [1.165, 1.54) is 4.68 Å². The summed E-state index contributed by atoms with van der Waals surface area (Å²) < 4.78 is 6.51. The highest BCUT2D eigenvalue weighted by Gasteiger charge is 2.25. The number of ether oxygens (including phenoxy) is 1. The standard InChI is InChI=1S/C10H14N4O5/c15-10(16)9-8(14(17)18)7-13(11-9)2-1-12-3-5-19-6-4-12/h7H,1-6H2,(H,15,16). The number of rotatable bonds is 5. The largest absolute Gasteiger partial charge is 0.476 e. The van der Waals surface area contributed by atoms with E-state index in [2.05, 4.69) is 10.00 Å². The monoisotopic (exact) mass is 270 g/mol. The summed E-state index contributed by atoms with van der Waals surface area (Å²) in [5, 5.41) is 23.3. The zero-order valence-electron chi connectivity index (χ0n) is 10.2. The van der Waals surface area contributed by atoms with Crippen LogP contribution in [0.5, 0.6) is 0 Å². The van der Waals surface area contributed by atoms with E-state index in [1.807, 2.05) is 0 Å². The fraction of sp³-hybridized carbons (Fsp3) is 0.600. The molecule has 1 aliphatic heterocycles. The van der Waals surface area contributed by atoms with Crippen molar-refractivity contribution in [1.82, 2.24) is 14.7 Å². The molecule has 2 rings (SSSR count). The molecule has 2 heterocycles. The van der Waals surface area contributed by atoms with Crippen molar-refractivity contribution in [2.45, 2.75) is 6.54 Å². The van der Waals surface area contributed by atoms with Gasteiger partial charge >= 0.3 is 11.7 Å². The van der Waals surface area contributed by atoms with Gasteiger partial charge in [0.15, 0.2) is 0 Å². The molecule has 0 atom stereocenters. The molecule has 9 nitrogen and oxygen atoms in total. The third-order valence-corrected chi connectivity index (χ3v) is 2.89. The van der Waals surface area contributed by atoms with E-state index < -0.39 is 22.3 Å². The highest BCUT2D eigenvalue weighted by atomic mass is 16.6. The van der Waals surface area contributed by atoms with Crippen LogP contribution in [0.1, 0.15) is 10.5 Å². The van der Waals surface area contributed by atoms with Crippen molar-refractivity contribution in [2.75, 3.05) is 32.8 Å². The third kappa shape index (κ3) is 3.26. The summed E-state index contributed by atoms with van der Waals surface area (Å²) in [6.07, 6.45) is 1.16. The van der Waals surface area contributed by atoms with Gasteiger partial charge in [-0.1, -0.05) is 0 Å². The molecule has 0 radical (unpaired) electrons. The van der Waals surface area contributed by atoms with Crippen molar-refractivity contribution in [3.63, 3.8) is 0 Å². The van der Waals surface area contributed by atoms with Gasteiger partial charge in [0, 0.05) is 19.6 Å². The fourth-order valence-corrected chi connectivity index (χ4v) is 1.88. The molecule has 1 aliphatic rings. The molecule has 0 amide bonds. The zero-order chi connectivity index (χ0) is 13.8. The number of aromatic carboxylic acids is 1. The van der Waals surface area contributed by atoms with E-state index in [4.69, 9.17) is 9.84 Å². The molecule has 0 aliphatic carbocycles. The van der Waals surface area contributed by atoms with Crippen LogP contribution in [0.3, 0.4) is 0 Å². The number of hydrogen-bond acceptors (Lipinski definition) is 6. The van der Waals surface area contributed by atoms with Crippen LogP contribution >= 0.6 is 0 Å². The lowest BCUT2D eigenvalue weighted by molar-refractivity contribution is -0.385. The Morgan fingerprint density at radius 2 is 2.16 bits per heavy atom. The molecular formula is C10H14N4O5. The molecule has 1 aromatic heterocycles. The molecule has 0 aromatic carbocycles. The van der Waals surface area contributed by atoms with Crippen LogP contribution in [0.15, 0.2) is 6.20 Å². The van der Waals surface area contributed by atoms with Crippen molar-refractivity contribution in [3.8, 4) is 0 Å². The van der Waals surface area contributed by atoms with Gasteiger partial charge in [0.1, 0.15) is 6.20 Å². The first-order valence-corrected chi connectivity index (χ1v) is 5.83. The molecule has 104 valence electrons. The Hall–Kier alpha value is -2.00. The average molecular weight is 270 g/mol. The minimum Gasteiger partial charge on any atom is -0.476 e. The molecule has 19 heavy (non-hydrogen) atoms. The van der Waals surface area contributed by atoms with Crippen LogP contribution in [0.4, 0.5) is 5.69 Å². The Morgan fingerprint density at radius 1 is 1.47 bits per heavy atom. The number of carbonyl (C=O) groups is 1. The molecule has 0 spiro atoms. The topological polar surface area (TPSA) is 111 Å². The zero-order valence-corrected chi connectivity index (χ0v) is 10.2. The third-order valence-electron chi connectivity index (χ3n) is 2.89. The minimum absolute atomic E-state index is 0.411. The van der Waals surface area contributed by atoms with E-state index in [1.54, 1.807) is 0 Å². The Balaban J connectivity index is 2.02. The average Bonchev–Trinajstić information content (AvgIpc) is 2.82. The van der Waals surface area contributed by atoms with Crippen LogP contribution in [-0.4, -0.2) is 63.5 Å². The van der Waals surface area contributed by atoms with Crippen molar-refractivity contribution in [1.29, 1.82) is 0 Å². The van der Waals surface area contributed by atoms with Crippen LogP contribution in [0.25, 0.3) is 0 Å². The second-order valence-corrected chi connectivity index (χ2v) is 4.14. The molecule has 0 bridgehead atoms. The lowest BCUT2D eigenvalue weighted by Gasteiger charge is -2.26. The van der Waals surface area contributed by atoms with Gasteiger partial charge in [-0.05, 0) is 0 Å². The molecule has 1 fully saturated rings. The van der Waals surface area contributed by atoms with E-state index in [-0.39, 0.29) is 0 Å². The van der Waals surface area contributed by atoms with Crippen LogP contribution in [-0.2, 0) is 11.3 Å². The number of morpholine rings is 1. The SMILES string of the molecule is O=C(O)c1nn(CCN2CCOCC2)cc1[N+](=O)[O-]. The molecule has 9 heteroatoms. The quantitative estimate of drug-likeness (QED) is 0.583. The molecular weight excluding hydrogens is 256 g/mol. The lowest BCUT2D eigenvalue weighted by atomic mass is 10.4. The highest BCUT2D eigenvalue weighted by molar-refractivity contribution is 5.89. The first-order valence-electron chi connectivity index (χ1n) is 5.83. The van der Waals surface area contributed by atoms with Gasteiger partial charge in [0.2, 0.25) is 5.69 Å². The maximum atomic E-state index is 10.8. The van der Waals surface area contributed by atoms with E-state index in [0.717, 1.165) is 19.3 Å². The summed E-state index contributed by atoms with van der Waals surface area (Å²) in [6, 6.07) is 0. The predicted molar refractivity (Wildman–Crippen MR) is 63.1 cm³/mol. The first kappa shape index (κ1) is 13.4. The van der Waals surface area contributed by atoms with Gasteiger partial charge in [0.25, 0.3) is 0 Å². The van der Waals surface area contributed by atoms with Gasteiger partial charge in [0.05, 0.1) is 24.7 Å². The fourth-order valence-electron chi connectivity index (χ4n) is 1.88. The van der Waals surface area contributed by atoms with Crippen molar-refractivity contribution in [2.24, 2.45) is 0 Å². The molecule has 0 saturated carbocycles. The summed E-state index contributed by atoms with van der Waals surface area (Å²) >= 11 is 0. The van der Waals surface area contributed by atoms with E-state index >= 15 is 0 Å². The summed E-state index contributed by atoms with van der Waals surface area (Å²) in [6.45, 7) is 4.00. The first-order chi connectivity index (χ1) is 9.08. The Kier molecular flexibility index (Phi) is 4.07. The molecule has 1 aromatic rings. The van der Waals surface area contributed by atoms with Crippen LogP contribution in [0, 0.1) is 10.1 Å². The van der Waals surface area contributed by atoms with E-state index in [0.29, 0.717) is 26.3 Å². The maximum Gasteiger partial charge on any atom is 0.363 e. The van der Waals surface area contributed by atoms with Gasteiger partial charge in [-0.2, -0.15) is 5.10 Å². The number of carboxylic acids is 1. The second-order valence-electron chi connectivity index (χ2n) is 4.14. The van der Waals surface area contributed by atoms with Crippen molar-refractivity contribution in [3.05, 3.63) is 22.0 Å². The Bertz CT molecular complexity index is 449. The molecule has 0 unspecified atom stereocenters. The normalized spacial score (nSPS) is 16.4. The van der Waals surface area contributed by atoms with Gasteiger partial charge < -0.3 is 9.84 Å². The van der Waals surface area contributed by atoms with Gasteiger partial charge in [-0.25, -0.2) is 4.79 Å². The van der Waals surface area contributed by atoms with Crippen LogP contribution in [0.2, 0.25) is 0 Å². The second kappa shape index (κ2) is 5.76. The van der Waals surface area contributed by atoms with E-state index in [9.17, 15) is 14.9 Å². The summed E-state index contributed by atoms with van der Waals surface area (Å²) in [5.74, 6) is -1.39. The van der Waals surface area contributed by atoms with Gasteiger partial charge in [-0.15, -0.1) is 0 Å². The predicted octanol–water partition coefficient (Wildman–Crippen LogP) is -0.178. The maximum absolute atomic E-state index is 10.8. The smallest absolute Gasteiger partial charge is 0.363 e. The minimum atomic E-state index is -1.39. The Labute approximate surface area is 108 Å². The lowest BCUT2D eigenvalue weighted by Crippen LogP contribution is -2.38. The van der Waals surface area contributed by atoms with Crippen LogP contribution < -0.4 is 0 Å². The van der Waals surface area contributed by atoms with Crippen molar-refractivity contribution < 1.29 is 19.6 Å². The summed E-state index contributed by atoms with van der Waals surface area (Å²) in [7, 11) is 0. The Morgan fingerprint density at radius 3 is 2.68 bits per heavy atom. The summed E-state index contributed by atoms with van der Waals surface area (Å²) in [5.41, 5.74) is -0.999. The summed E-state index contributed by atoms with van der Waals surface area (Å²) in [4.78, 5) is 22.9. The number of carboxylic acid groups (broad SMARTS) is 1. The number of nitro groups is 1. The van der Waals surface area contributed by atoms with Gasteiger partial charge in [-0.3, -0.25) is 19.7 Å². The molecule has 1 saturated heterocycles. The number of aromatic nitrogens is 2. The molecule has 1 N–H and O–H groups in total. The number of nitrogens with zero attached hydrogens (tertiary/aromatic N) is 4. The number of hydrogen-bond donors (Lipinski definition) is 1.